The highest BCUT2D eigenvalue weighted by Gasteiger charge is 2.52. The lowest BCUT2D eigenvalue weighted by molar-refractivity contribution is 0.676. The molecule has 0 N–H and O–H groups in total. The molecule has 0 amide bonds. The number of benzene rings is 2. The van der Waals surface area contributed by atoms with Crippen LogP contribution in [0.4, 0.5) is 0 Å². The van der Waals surface area contributed by atoms with Crippen molar-refractivity contribution in [2.24, 2.45) is 0 Å². The normalized spacial score (nSPS) is 15.6. The summed E-state index contributed by atoms with van der Waals surface area (Å²) in [6.07, 6.45) is 4.35. The smallest absolute Gasteiger partial charge is 0.146 e. The fraction of sp³-hybridized carbons (Fsp3) is 0.500. The average Bonchev–Trinajstić information content (AvgIpc) is 2.71. The minimum absolute atomic E-state index is 0.0561. The van der Waals surface area contributed by atoms with Crippen molar-refractivity contribution in [1.82, 2.24) is 0 Å². The van der Waals surface area contributed by atoms with Crippen LogP contribution in [0.2, 0.25) is 17.3 Å². The summed E-state index contributed by atoms with van der Waals surface area (Å²) >= 11 is 28.8. The van der Waals surface area contributed by atoms with Gasteiger partial charge in [-0.05, 0) is 35.1 Å². The van der Waals surface area contributed by atoms with Gasteiger partial charge >= 0.3 is 0 Å². The van der Waals surface area contributed by atoms with E-state index >= 15 is 0 Å². The van der Waals surface area contributed by atoms with Crippen LogP contribution < -0.4 is 0 Å². The van der Waals surface area contributed by atoms with E-state index < -0.39 is 13.4 Å². The Morgan fingerprint density at radius 1 is 0.667 bits per heavy atom. The Balaban J connectivity index is 2.20. The first-order valence-corrected chi connectivity index (χ1v) is 19.6. The molecule has 0 nitrogen and oxygen atoms in total. The van der Waals surface area contributed by atoms with Gasteiger partial charge < -0.3 is 0 Å². The molecule has 0 heterocycles. The summed E-state index contributed by atoms with van der Waals surface area (Å²) in [5.74, 6) is 0.595. The van der Waals surface area contributed by atoms with E-state index in [1.807, 2.05) is 12.1 Å². The van der Waals surface area contributed by atoms with Crippen molar-refractivity contribution >= 4 is 57.7 Å². The molecule has 2 rings (SSSR count). The summed E-state index contributed by atoms with van der Waals surface area (Å²) in [6.45, 7) is 1.25. The number of rotatable bonds is 12. The van der Waals surface area contributed by atoms with Gasteiger partial charge in [-0.3, -0.25) is 0 Å². The molecule has 0 aromatic heterocycles. The Hall–Kier alpha value is 0.0338. The van der Waals surface area contributed by atoms with Gasteiger partial charge in [0.2, 0.25) is 0 Å². The van der Waals surface area contributed by atoms with E-state index in [0.717, 1.165) is 37.8 Å². The van der Waals surface area contributed by atoms with Gasteiger partial charge in [-0.15, -0.1) is 44.3 Å². The summed E-state index contributed by atoms with van der Waals surface area (Å²) in [5, 5.41) is 0.0561. The van der Waals surface area contributed by atoms with Gasteiger partial charge in [0, 0.05) is 5.16 Å². The van der Waals surface area contributed by atoms with Crippen LogP contribution >= 0.6 is 44.3 Å². The number of unbranched alkanes of at least 4 members (excludes halogenated alkanes) is 2. The van der Waals surface area contributed by atoms with E-state index in [2.05, 4.69) is 69.3 Å². The minimum atomic E-state index is -2.69. The summed E-state index contributed by atoms with van der Waals surface area (Å²) in [7, 11) is 0. The van der Waals surface area contributed by atoms with Crippen molar-refractivity contribution in [3.05, 3.63) is 71.8 Å². The molecule has 0 bridgehead atoms. The number of hydrogen-bond donors (Lipinski definition) is 0. The fourth-order valence-corrected chi connectivity index (χ4v) is 24.1. The molecule has 0 fully saturated rings. The molecule has 2 aromatic carbocycles. The lowest BCUT2D eigenvalue weighted by Crippen LogP contribution is -2.43. The van der Waals surface area contributed by atoms with Gasteiger partial charge in [-0.2, -0.15) is 0 Å². The topological polar surface area (TPSA) is 0 Å². The summed E-state index contributed by atoms with van der Waals surface area (Å²) in [4.78, 5) is 0. The van der Waals surface area contributed by atoms with Crippen molar-refractivity contribution in [2.45, 2.75) is 75.5 Å². The van der Waals surface area contributed by atoms with Crippen LogP contribution in [0.1, 0.15) is 69.4 Å². The van der Waals surface area contributed by atoms with Gasteiger partial charge in [0.1, 0.15) is 0 Å². The largest absolute Gasteiger partial charge is 0.254 e. The lowest BCUT2D eigenvalue weighted by atomic mass is 10.0. The Morgan fingerprint density at radius 2 is 1.07 bits per heavy atom. The van der Waals surface area contributed by atoms with Crippen LogP contribution in [0.5, 0.6) is 0 Å². The van der Waals surface area contributed by atoms with E-state index in [1.165, 1.54) is 11.1 Å². The Labute approximate surface area is 204 Å². The SMILES string of the molecule is CCCCCC([Si](Cl)(Cl)CC(C)c1ccccc1)[Si](Cl)(Cl)CC(C)c1ccccc1. The molecule has 0 aliphatic rings. The van der Waals surface area contributed by atoms with E-state index in [0.29, 0.717) is 11.8 Å². The maximum Gasteiger partial charge on any atom is 0.254 e. The van der Waals surface area contributed by atoms with Crippen LogP contribution in [0.15, 0.2) is 60.7 Å². The predicted molar refractivity (Wildman–Crippen MR) is 142 cm³/mol. The first kappa shape index (κ1) is 26.3. The second kappa shape index (κ2) is 12.3. The monoisotopic (exact) mass is 518 g/mol. The van der Waals surface area contributed by atoms with Crippen molar-refractivity contribution in [2.75, 3.05) is 0 Å². The highest BCUT2D eigenvalue weighted by atomic mass is 35.7. The first-order valence-electron chi connectivity index (χ1n) is 11.0. The van der Waals surface area contributed by atoms with Crippen molar-refractivity contribution in [1.29, 1.82) is 0 Å². The number of halogens is 4. The second-order valence-corrected chi connectivity index (χ2v) is 23.7. The molecule has 0 spiro atoms. The van der Waals surface area contributed by atoms with Crippen molar-refractivity contribution in [3.63, 3.8) is 0 Å². The van der Waals surface area contributed by atoms with Gasteiger partial charge in [-0.1, -0.05) is 107 Å². The Bertz CT molecular complexity index is 678. The van der Waals surface area contributed by atoms with Gasteiger partial charge in [-0.25, -0.2) is 0 Å². The number of hydrogen-bond acceptors (Lipinski definition) is 0. The van der Waals surface area contributed by atoms with Crippen LogP contribution in [0.25, 0.3) is 0 Å². The second-order valence-electron chi connectivity index (χ2n) is 8.60. The van der Waals surface area contributed by atoms with Crippen LogP contribution in [0.3, 0.4) is 0 Å². The average molecular weight is 521 g/mol. The third-order valence-electron chi connectivity index (χ3n) is 6.01. The van der Waals surface area contributed by atoms with E-state index in [1.54, 1.807) is 0 Å². The molecule has 0 saturated heterocycles. The summed E-state index contributed by atoms with van der Waals surface area (Å²) < 4.78 is 0. The van der Waals surface area contributed by atoms with E-state index in [9.17, 15) is 0 Å². The third-order valence-corrected chi connectivity index (χ3v) is 21.1. The van der Waals surface area contributed by atoms with E-state index in [4.69, 9.17) is 44.3 Å². The highest BCUT2D eigenvalue weighted by Crippen LogP contribution is 2.52. The maximum atomic E-state index is 7.21. The van der Waals surface area contributed by atoms with Crippen LogP contribution in [-0.4, -0.2) is 13.4 Å². The molecule has 2 aromatic rings. The van der Waals surface area contributed by atoms with Gasteiger partial charge in [0.25, 0.3) is 13.4 Å². The molecular weight excluding hydrogens is 486 g/mol. The molecular formula is C24H34Cl4Si2. The zero-order valence-corrected chi connectivity index (χ0v) is 23.3. The summed E-state index contributed by atoms with van der Waals surface area (Å²) in [6, 6.07) is 22.5. The molecule has 2 unspecified atom stereocenters. The maximum absolute atomic E-state index is 7.21. The molecule has 30 heavy (non-hydrogen) atoms. The Morgan fingerprint density at radius 3 is 1.43 bits per heavy atom. The standard InChI is InChI=1S/C24H34Cl4Si2/c1-4-5-8-17-24(29(25,26)18-20(2)22-13-9-6-10-14-22)30(27,28)19-21(3)23-15-11-7-12-16-23/h6-7,9-16,20-21,24H,4-5,8,17-19H2,1-3H3. The van der Waals surface area contributed by atoms with Crippen LogP contribution in [0, 0.1) is 0 Å². The van der Waals surface area contributed by atoms with Gasteiger partial charge in [0.15, 0.2) is 0 Å². The van der Waals surface area contributed by atoms with Gasteiger partial charge in [0.05, 0.1) is 0 Å². The molecule has 0 saturated carbocycles. The first-order chi connectivity index (χ1) is 14.2. The quantitative estimate of drug-likeness (QED) is 0.148. The fourth-order valence-electron chi connectivity index (χ4n) is 4.23. The highest BCUT2D eigenvalue weighted by molar-refractivity contribution is 7.57. The Kier molecular flexibility index (Phi) is 10.8. The molecule has 6 heteroatoms. The predicted octanol–water partition coefficient (Wildman–Crippen LogP) is 9.92. The molecule has 0 aliphatic carbocycles. The van der Waals surface area contributed by atoms with Crippen LogP contribution in [-0.2, 0) is 0 Å². The zero-order valence-electron chi connectivity index (χ0n) is 18.3. The summed E-state index contributed by atoms with van der Waals surface area (Å²) in [5.41, 5.74) is 2.55. The van der Waals surface area contributed by atoms with Crippen molar-refractivity contribution < 1.29 is 0 Å². The molecule has 0 radical (unpaired) electrons. The third kappa shape index (κ3) is 7.87. The minimum Gasteiger partial charge on any atom is -0.146 e. The molecule has 0 aliphatic heterocycles. The molecule has 166 valence electrons. The lowest BCUT2D eigenvalue weighted by Gasteiger charge is -2.37. The molecule has 2 atom stereocenters. The van der Waals surface area contributed by atoms with E-state index in [-0.39, 0.29) is 5.16 Å². The van der Waals surface area contributed by atoms with Crippen molar-refractivity contribution in [3.8, 4) is 0 Å². The zero-order chi connectivity index (χ0) is 22.2.